The van der Waals surface area contributed by atoms with Crippen molar-refractivity contribution in [2.75, 3.05) is 19.8 Å². The van der Waals surface area contributed by atoms with E-state index in [2.05, 4.69) is 12.2 Å². The Labute approximate surface area is 303 Å². The molecule has 0 amide bonds. The highest BCUT2D eigenvalue weighted by Gasteiger charge is 2.54. The van der Waals surface area contributed by atoms with Crippen molar-refractivity contribution >= 4 is 0 Å². The number of aliphatic hydroxyl groups excluding tert-OH is 11. The summed E-state index contributed by atoms with van der Waals surface area (Å²) in [6, 6.07) is -1.92. The number of hydrogen-bond acceptors (Lipinski definition) is 18. The van der Waals surface area contributed by atoms with Crippen molar-refractivity contribution in [3.8, 4) is 0 Å². The molecule has 3 heterocycles. The molecule has 0 saturated carbocycles. The van der Waals surface area contributed by atoms with Gasteiger partial charge in [-0.3, -0.25) is 0 Å². The van der Waals surface area contributed by atoms with Gasteiger partial charge in [0.2, 0.25) is 0 Å². The first kappa shape index (κ1) is 43.7. The van der Waals surface area contributed by atoms with Crippen molar-refractivity contribution in [3.63, 3.8) is 0 Å². The fourth-order valence-electron chi connectivity index (χ4n) is 7.20. The van der Waals surface area contributed by atoms with Crippen LogP contribution in [0.3, 0.4) is 0 Å². The highest BCUT2D eigenvalue weighted by atomic mass is 16.8. The Kier molecular flexibility index (Phi) is 17.0. The minimum atomic E-state index is -1.88. The number of rotatable bonds is 17. The predicted molar refractivity (Wildman–Crippen MR) is 178 cm³/mol. The van der Waals surface area contributed by atoms with Crippen LogP contribution in [0.1, 0.15) is 65.7 Å². The Morgan fingerprint density at radius 3 is 1.71 bits per heavy atom. The Morgan fingerprint density at radius 2 is 1.13 bits per heavy atom. The maximum Gasteiger partial charge on any atom is 0.187 e. The average molecular weight is 756 g/mol. The first-order valence-electron chi connectivity index (χ1n) is 18.5. The summed E-state index contributed by atoms with van der Waals surface area (Å²) in [5, 5.41) is 120. The van der Waals surface area contributed by atoms with Gasteiger partial charge in [0, 0.05) is 6.61 Å². The topological polar surface area (TPSA) is 290 Å². The molecule has 0 radical (unpaired) electrons. The number of ether oxygens (including phenoxy) is 6. The highest BCUT2D eigenvalue weighted by molar-refractivity contribution is 5.21. The normalized spacial score (nSPS) is 45.9. The van der Waals surface area contributed by atoms with Crippen LogP contribution >= 0.6 is 0 Å². The third-order valence-electron chi connectivity index (χ3n) is 10.5. The highest BCUT2D eigenvalue weighted by Crippen LogP contribution is 2.33. The lowest BCUT2D eigenvalue weighted by atomic mass is 9.85. The molecule has 3 fully saturated rings. The van der Waals surface area contributed by atoms with Crippen LogP contribution in [0.5, 0.6) is 0 Å². The molecule has 0 bridgehead atoms. The summed E-state index contributed by atoms with van der Waals surface area (Å²) < 4.78 is 34.4. The molecule has 0 aromatic heterocycles. The van der Waals surface area contributed by atoms with Gasteiger partial charge in [0.15, 0.2) is 18.9 Å². The Balaban J connectivity index is 1.35. The lowest BCUT2D eigenvalue weighted by Crippen LogP contribution is -2.68. The molecule has 4 aliphatic rings. The summed E-state index contributed by atoms with van der Waals surface area (Å²) in [4.78, 5) is 0. The summed E-state index contributed by atoms with van der Waals surface area (Å²) in [6.45, 7) is 4.23. The van der Waals surface area contributed by atoms with Crippen LogP contribution in [0.15, 0.2) is 11.6 Å². The zero-order valence-corrected chi connectivity index (χ0v) is 30.0. The van der Waals surface area contributed by atoms with E-state index in [0.29, 0.717) is 18.4 Å². The minimum Gasteiger partial charge on any atom is -0.394 e. The number of nitrogens with one attached hydrogen (secondary N) is 1. The summed E-state index contributed by atoms with van der Waals surface area (Å²) in [6.07, 6.45) is -17.7. The molecule has 1 aliphatic carbocycles. The van der Waals surface area contributed by atoms with Crippen LogP contribution in [-0.4, -0.2) is 192 Å². The molecule has 304 valence electrons. The minimum absolute atomic E-state index is 0.253. The number of aliphatic hydroxyl groups is 11. The monoisotopic (exact) mass is 755 g/mol. The van der Waals surface area contributed by atoms with E-state index in [0.717, 1.165) is 32.1 Å². The summed E-state index contributed by atoms with van der Waals surface area (Å²) in [5.41, 5.74) is 0.476. The Morgan fingerprint density at radius 1 is 0.615 bits per heavy atom. The van der Waals surface area contributed by atoms with Gasteiger partial charge in [-0.25, -0.2) is 0 Å². The quantitative estimate of drug-likeness (QED) is 0.0501. The van der Waals surface area contributed by atoms with Gasteiger partial charge in [-0.05, 0) is 25.3 Å². The molecule has 0 aromatic carbocycles. The Bertz CT molecular complexity index is 1090. The van der Waals surface area contributed by atoms with Crippen LogP contribution in [0, 0.1) is 0 Å². The molecule has 0 aromatic rings. The standard InChI is InChI=1S/C34H61NO17/c1-4-6-7-8-9-10-11-47-32-28(45)25(42)30(18(13-36)49-32)52-34-29(46)26(43)31(19(14-37)50-34)51-33-27(44)23(40)20(15(3)48-33)35-17-12-16(5-2)21(38)24(41)22(17)39/h12,15,17-46H,4-11,13-14H2,1-3H3. The second-order valence-electron chi connectivity index (χ2n) is 14.2. The fraction of sp³-hybridized carbons (Fsp3) is 0.941. The average Bonchev–Trinajstić information content (AvgIpc) is 3.13. The van der Waals surface area contributed by atoms with E-state index in [4.69, 9.17) is 28.4 Å². The van der Waals surface area contributed by atoms with Gasteiger partial charge in [0.1, 0.15) is 79.4 Å². The largest absolute Gasteiger partial charge is 0.394 e. The summed E-state index contributed by atoms with van der Waals surface area (Å²) in [5.74, 6) is 0. The van der Waals surface area contributed by atoms with Crippen molar-refractivity contribution < 1.29 is 84.6 Å². The first-order chi connectivity index (χ1) is 24.8. The summed E-state index contributed by atoms with van der Waals surface area (Å²) >= 11 is 0. The lowest BCUT2D eigenvalue weighted by molar-refractivity contribution is -0.376. The van der Waals surface area contributed by atoms with E-state index in [1.54, 1.807) is 13.0 Å². The van der Waals surface area contributed by atoms with E-state index in [1.807, 2.05) is 0 Å². The molecule has 0 spiro atoms. The van der Waals surface area contributed by atoms with E-state index < -0.39 is 130 Å². The molecule has 19 unspecified atom stereocenters. The third kappa shape index (κ3) is 10.1. The number of unbranched alkanes of at least 4 members (excludes halogenated alkanes) is 5. The fourth-order valence-corrected chi connectivity index (χ4v) is 7.20. The molecular formula is C34H61NO17. The van der Waals surface area contributed by atoms with Gasteiger partial charge < -0.3 is 89.9 Å². The van der Waals surface area contributed by atoms with Crippen LogP contribution in [-0.2, 0) is 28.4 Å². The van der Waals surface area contributed by atoms with Crippen LogP contribution in [0.25, 0.3) is 0 Å². The van der Waals surface area contributed by atoms with Gasteiger partial charge in [0.25, 0.3) is 0 Å². The maximum atomic E-state index is 11.1. The molecule has 3 aliphatic heterocycles. The smallest absolute Gasteiger partial charge is 0.187 e. The van der Waals surface area contributed by atoms with Crippen molar-refractivity contribution in [1.29, 1.82) is 0 Å². The van der Waals surface area contributed by atoms with Crippen molar-refractivity contribution in [3.05, 3.63) is 11.6 Å². The van der Waals surface area contributed by atoms with Gasteiger partial charge in [-0.15, -0.1) is 0 Å². The van der Waals surface area contributed by atoms with E-state index in [9.17, 15) is 56.2 Å². The van der Waals surface area contributed by atoms with Gasteiger partial charge in [-0.2, -0.15) is 0 Å². The molecule has 3 saturated heterocycles. The van der Waals surface area contributed by atoms with E-state index in [-0.39, 0.29) is 6.61 Å². The molecule has 18 heteroatoms. The molecule has 4 rings (SSSR count). The van der Waals surface area contributed by atoms with Crippen LogP contribution < -0.4 is 5.32 Å². The molecule has 19 atom stereocenters. The third-order valence-corrected chi connectivity index (χ3v) is 10.5. The van der Waals surface area contributed by atoms with Crippen molar-refractivity contribution in [1.82, 2.24) is 5.32 Å². The molecular weight excluding hydrogens is 694 g/mol. The predicted octanol–water partition coefficient (Wildman–Crippen LogP) is -3.76. The maximum absolute atomic E-state index is 11.1. The second kappa shape index (κ2) is 20.3. The van der Waals surface area contributed by atoms with Crippen molar-refractivity contribution in [2.24, 2.45) is 0 Å². The lowest BCUT2D eigenvalue weighted by Gasteiger charge is -2.49. The van der Waals surface area contributed by atoms with E-state index in [1.165, 1.54) is 6.92 Å². The van der Waals surface area contributed by atoms with Crippen LogP contribution in [0.2, 0.25) is 0 Å². The SMILES string of the molecule is CCCCCCCCOC1OC(CO)C(OC2OC(CO)C(OC3OC(C)C(NC4C=C(CC)C(O)C(O)C4O)C(O)C3O)C(O)C2O)C(O)C1O. The zero-order chi connectivity index (χ0) is 38.3. The first-order valence-corrected chi connectivity index (χ1v) is 18.5. The Hall–Kier alpha value is -0.980. The summed E-state index contributed by atoms with van der Waals surface area (Å²) in [7, 11) is 0. The van der Waals surface area contributed by atoms with Crippen molar-refractivity contribution in [2.45, 2.75) is 182 Å². The van der Waals surface area contributed by atoms with E-state index >= 15 is 0 Å². The van der Waals surface area contributed by atoms with Gasteiger partial charge >= 0.3 is 0 Å². The second-order valence-corrected chi connectivity index (χ2v) is 14.2. The number of hydrogen-bond donors (Lipinski definition) is 12. The van der Waals surface area contributed by atoms with Gasteiger partial charge in [0.05, 0.1) is 31.4 Å². The van der Waals surface area contributed by atoms with Crippen LogP contribution in [0.4, 0.5) is 0 Å². The molecule has 18 nitrogen and oxygen atoms in total. The van der Waals surface area contributed by atoms with Gasteiger partial charge in [-0.1, -0.05) is 52.0 Å². The molecule has 12 N–H and O–H groups in total. The molecule has 52 heavy (non-hydrogen) atoms. The zero-order valence-electron chi connectivity index (χ0n) is 30.0.